The van der Waals surface area contributed by atoms with Gasteiger partial charge in [-0.1, -0.05) is 13.8 Å². The number of ketones is 1. The van der Waals surface area contributed by atoms with Crippen LogP contribution in [0.5, 0.6) is 0 Å². The van der Waals surface area contributed by atoms with Crippen molar-refractivity contribution in [2.24, 2.45) is 23.7 Å². The molecule has 6 heteroatoms. The summed E-state index contributed by atoms with van der Waals surface area (Å²) in [4.78, 5) is 24.2. The molecule has 0 radical (unpaired) electrons. The van der Waals surface area contributed by atoms with E-state index in [0.29, 0.717) is 24.7 Å². The van der Waals surface area contributed by atoms with Crippen LogP contribution in [0.2, 0.25) is 0 Å². The van der Waals surface area contributed by atoms with Crippen molar-refractivity contribution in [3.8, 4) is 0 Å². The summed E-state index contributed by atoms with van der Waals surface area (Å²) in [6.45, 7) is 6.32. The Hall–Kier alpha value is -0.210. The molecule has 2 rings (SSSR count). The first-order valence-electron chi connectivity index (χ1n) is 11.1. The van der Waals surface area contributed by atoms with E-state index in [2.05, 4.69) is 5.32 Å². The molecule has 1 N–H and O–H groups in total. The molecule has 2 aliphatic carbocycles. The lowest BCUT2D eigenvalue weighted by Crippen LogP contribution is -2.39. The fourth-order valence-corrected chi connectivity index (χ4v) is 5.04. The Labute approximate surface area is 184 Å². The minimum absolute atomic E-state index is 0.121. The second-order valence-corrected chi connectivity index (χ2v) is 9.64. The molecule has 2 saturated carbocycles. The van der Waals surface area contributed by atoms with Crippen molar-refractivity contribution in [2.45, 2.75) is 84.1 Å². The van der Waals surface area contributed by atoms with Gasteiger partial charge in [-0.15, -0.1) is 0 Å². The van der Waals surface area contributed by atoms with Crippen molar-refractivity contribution in [3.63, 3.8) is 0 Å². The van der Waals surface area contributed by atoms with Crippen LogP contribution < -0.4 is 5.32 Å². The molecule has 2 aliphatic rings. The predicted molar refractivity (Wildman–Crippen MR) is 119 cm³/mol. The van der Waals surface area contributed by atoms with Crippen molar-refractivity contribution in [2.75, 3.05) is 19.8 Å². The molecule has 162 valence electrons. The molecule has 0 saturated heterocycles. The number of hydrogen-bond donors (Lipinski definition) is 1. The van der Waals surface area contributed by atoms with Crippen LogP contribution in [0.1, 0.15) is 78.1 Å². The van der Waals surface area contributed by atoms with Crippen LogP contribution >= 0.6 is 23.0 Å². The lowest BCUT2D eigenvalue weighted by molar-refractivity contribution is -0.127. The highest BCUT2D eigenvalue weighted by atomic mass is 127. The molecule has 1 amide bonds. The number of ether oxygens (including phenoxy) is 1. The van der Waals surface area contributed by atoms with E-state index < -0.39 is 0 Å². The van der Waals surface area contributed by atoms with E-state index in [9.17, 15) is 9.59 Å². The second kappa shape index (κ2) is 13.2. The van der Waals surface area contributed by atoms with Crippen molar-refractivity contribution in [1.82, 2.24) is 5.32 Å². The number of carbonyl (C=O) groups excluding carboxylic acids is 2. The maximum absolute atomic E-state index is 12.2. The minimum atomic E-state index is 0.121. The molecule has 0 aromatic heterocycles. The maximum atomic E-state index is 12.2. The molecule has 0 aromatic rings. The molecule has 0 bridgehead atoms. The molecular formula is C22H38INO4. The summed E-state index contributed by atoms with van der Waals surface area (Å²) in [7, 11) is 0. The van der Waals surface area contributed by atoms with Crippen LogP contribution in [-0.4, -0.2) is 37.6 Å². The smallest absolute Gasteiger partial charge is 0.220 e. The van der Waals surface area contributed by atoms with Gasteiger partial charge in [0, 0.05) is 37.5 Å². The van der Waals surface area contributed by atoms with Gasteiger partial charge in [0.2, 0.25) is 5.91 Å². The SMILES string of the molecule is CC(C)C(=O)[C@H]1CC[C@@H](NC(=O)CCCOC[C@H]2CC[C@@H](COI)CC2)CC1. The summed E-state index contributed by atoms with van der Waals surface area (Å²) in [5.41, 5.74) is 0. The van der Waals surface area contributed by atoms with Crippen LogP contribution in [-0.2, 0) is 17.4 Å². The quantitative estimate of drug-likeness (QED) is 0.321. The summed E-state index contributed by atoms with van der Waals surface area (Å²) in [6.07, 6.45) is 9.94. The largest absolute Gasteiger partial charge is 0.381 e. The average Bonchev–Trinajstić information content (AvgIpc) is 2.69. The summed E-state index contributed by atoms with van der Waals surface area (Å²) in [5.74, 6) is 2.22. The molecule has 2 fully saturated rings. The highest BCUT2D eigenvalue weighted by molar-refractivity contribution is 14.1. The van der Waals surface area contributed by atoms with E-state index in [0.717, 1.165) is 51.2 Å². The zero-order chi connectivity index (χ0) is 20.4. The highest BCUT2D eigenvalue weighted by Crippen LogP contribution is 2.29. The first-order valence-corrected chi connectivity index (χ1v) is 12.0. The van der Waals surface area contributed by atoms with Gasteiger partial charge in [0.15, 0.2) is 0 Å². The number of amides is 1. The van der Waals surface area contributed by atoms with Gasteiger partial charge in [0.25, 0.3) is 0 Å². The van der Waals surface area contributed by atoms with E-state index in [4.69, 9.17) is 7.80 Å². The lowest BCUT2D eigenvalue weighted by Gasteiger charge is -2.29. The first kappa shape index (κ1) is 24.1. The number of rotatable bonds is 11. The van der Waals surface area contributed by atoms with Crippen molar-refractivity contribution < 1.29 is 17.4 Å². The third-order valence-corrected chi connectivity index (χ3v) is 6.73. The standard InChI is InChI=1S/C22H38INO4/c1-16(2)22(26)19-9-11-20(12-10-19)24-21(25)4-3-13-27-14-17-5-7-18(8-6-17)15-28-23/h16-20H,3-15H2,1-2H3,(H,24,25)/t17-,18+,19-,20+. The second-order valence-electron chi connectivity index (χ2n) is 9.01. The Balaban J connectivity index is 1.48. The van der Waals surface area contributed by atoms with Crippen LogP contribution in [0.15, 0.2) is 0 Å². The molecule has 0 heterocycles. The van der Waals surface area contributed by atoms with Gasteiger partial charge in [0.05, 0.1) is 6.61 Å². The highest BCUT2D eigenvalue weighted by Gasteiger charge is 2.28. The van der Waals surface area contributed by atoms with Crippen molar-refractivity contribution in [3.05, 3.63) is 0 Å². The molecule has 5 nitrogen and oxygen atoms in total. The Morgan fingerprint density at radius 2 is 1.57 bits per heavy atom. The fourth-order valence-electron chi connectivity index (χ4n) is 4.53. The number of carbonyl (C=O) groups is 2. The zero-order valence-corrected chi connectivity index (χ0v) is 19.7. The van der Waals surface area contributed by atoms with Gasteiger partial charge in [-0.3, -0.25) is 9.59 Å². The molecular weight excluding hydrogens is 469 g/mol. The first-order chi connectivity index (χ1) is 13.5. The third kappa shape index (κ3) is 8.66. The average molecular weight is 507 g/mol. The summed E-state index contributed by atoms with van der Waals surface area (Å²) < 4.78 is 11.0. The topological polar surface area (TPSA) is 64.6 Å². The Kier molecular flexibility index (Phi) is 11.3. The summed E-state index contributed by atoms with van der Waals surface area (Å²) >= 11 is 1.98. The van der Waals surface area contributed by atoms with E-state index in [1.807, 2.05) is 36.9 Å². The number of nitrogens with one attached hydrogen (secondary N) is 1. The predicted octanol–water partition coefficient (Wildman–Crippen LogP) is 4.86. The molecule has 0 aliphatic heterocycles. The van der Waals surface area contributed by atoms with Gasteiger partial charge in [0.1, 0.15) is 28.8 Å². The van der Waals surface area contributed by atoms with Gasteiger partial charge in [-0.2, -0.15) is 0 Å². The summed E-state index contributed by atoms with van der Waals surface area (Å²) in [6, 6.07) is 0.242. The molecule has 0 unspecified atom stereocenters. The van der Waals surface area contributed by atoms with Gasteiger partial charge >= 0.3 is 0 Å². The third-order valence-electron chi connectivity index (χ3n) is 6.37. The molecule has 0 atom stereocenters. The lowest BCUT2D eigenvalue weighted by atomic mass is 9.80. The van der Waals surface area contributed by atoms with Crippen molar-refractivity contribution in [1.29, 1.82) is 0 Å². The fraction of sp³-hybridized carbons (Fsp3) is 0.909. The number of halogens is 1. The van der Waals surface area contributed by atoms with E-state index in [-0.39, 0.29) is 23.8 Å². The molecule has 0 spiro atoms. The van der Waals surface area contributed by atoms with Crippen molar-refractivity contribution >= 4 is 34.7 Å². The number of Topliss-reactive ketones (excluding diaryl/α,β-unsaturated/α-hetero) is 1. The van der Waals surface area contributed by atoms with Gasteiger partial charge < -0.3 is 13.1 Å². The Morgan fingerprint density at radius 1 is 0.964 bits per heavy atom. The molecule has 28 heavy (non-hydrogen) atoms. The number of hydrogen-bond acceptors (Lipinski definition) is 4. The minimum Gasteiger partial charge on any atom is -0.381 e. The summed E-state index contributed by atoms with van der Waals surface area (Å²) in [5, 5.41) is 3.15. The van der Waals surface area contributed by atoms with E-state index in [1.54, 1.807) is 0 Å². The van der Waals surface area contributed by atoms with Gasteiger partial charge in [-0.05, 0) is 69.6 Å². The van der Waals surface area contributed by atoms with Crippen LogP contribution in [0, 0.1) is 23.7 Å². The monoisotopic (exact) mass is 507 g/mol. The van der Waals surface area contributed by atoms with E-state index in [1.165, 1.54) is 25.7 Å². The maximum Gasteiger partial charge on any atom is 0.220 e. The Morgan fingerprint density at radius 3 is 2.14 bits per heavy atom. The molecule has 0 aromatic carbocycles. The normalized spacial score (nSPS) is 28.3. The van der Waals surface area contributed by atoms with Gasteiger partial charge in [-0.25, -0.2) is 0 Å². The van der Waals surface area contributed by atoms with Crippen LogP contribution in [0.3, 0.4) is 0 Å². The van der Waals surface area contributed by atoms with Crippen LogP contribution in [0.25, 0.3) is 0 Å². The zero-order valence-electron chi connectivity index (χ0n) is 17.6. The Bertz CT molecular complexity index is 469. The van der Waals surface area contributed by atoms with E-state index >= 15 is 0 Å². The van der Waals surface area contributed by atoms with Crippen LogP contribution in [0.4, 0.5) is 0 Å².